The fraction of sp³-hybridized carbons (Fsp3) is 0.632. The van der Waals surface area contributed by atoms with E-state index in [9.17, 15) is 14.4 Å². The summed E-state index contributed by atoms with van der Waals surface area (Å²) in [5.41, 5.74) is -0.547. The standard InChI is InChI=1S/C19H29N3O4S/c1-19(2,3)26-18(25)20-9-6-16(23)22-10-7-14(8-11-22)13-21-17(24)15-5-4-12-27-15/h4-5,12,14H,6-11,13H2,1-3H3,(H,20,25)(H,21,24). The highest BCUT2D eigenvalue weighted by molar-refractivity contribution is 7.12. The van der Waals surface area contributed by atoms with Crippen LogP contribution in [0.1, 0.15) is 49.7 Å². The van der Waals surface area contributed by atoms with Crippen molar-refractivity contribution in [3.8, 4) is 0 Å². The number of amides is 3. The van der Waals surface area contributed by atoms with Crippen LogP contribution >= 0.6 is 11.3 Å². The van der Waals surface area contributed by atoms with E-state index >= 15 is 0 Å². The predicted molar refractivity (Wildman–Crippen MR) is 105 cm³/mol. The van der Waals surface area contributed by atoms with Gasteiger partial charge in [-0.15, -0.1) is 11.3 Å². The molecule has 0 aromatic carbocycles. The van der Waals surface area contributed by atoms with E-state index in [0.717, 1.165) is 17.7 Å². The Morgan fingerprint density at radius 2 is 1.93 bits per heavy atom. The van der Waals surface area contributed by atoms with Gasteiger partial charge < -0.3 is 20.3 Å². The number of carbonyl (C=O) groups excluding carboxylic acids is 3. The number of rotatable bonds is 6. The second-order valence-electron chi connectivity index (χ2n) is 7.69. The molecule has 0 atom stereocenters. The van der Waals surface area contributed by atoms with E-state index in [-0.39, 0.29) is 24.8 Å². The molecule has 0 radical (unpaired) electrons. The van der Waals surface area contributed by atoms with Crippen LogP contribution in [0, 0.1) is 5.92 Å². The van der Waals surface area contributed by atoms with Gasteiger partial charge in [0.2, 0.25) is 5.91 Å². The average molecular weight is 396 g/mol. The van der Waals surface area contributed by atoms with Gasteiger partial charge in [0, 0.05) is 32.6 Å². The highest BCUT2D eigenvalue weighted by Gasteiger charge is 2.23. The Labute approximate surface area is 164 Å². The Balaban J connectivity index is 1.61. The second-order valence-corrected chi connectivity index (χ2v) is 8.64. The molecule has 1 fully saturated rings. The summed E-state index contributed by atoms with van der Waals surface area (Å²) < 4.78 is 5.14. The fourth-order valence-electron chi connectivity index (χ4n) is 2.86. The number of alkyl carbamates (subject to hydrolysis) is 1. The Morgan fingerprint density at radius 3 is 2.52 bits per heavy atom. The van der Waals surface area contributed by atoms with Crippen molar-refractivity contribution < 1.29 is 19.1 Å². The molecule has 1 aliphatic heterocycles. The van der Waals surface area contributed by atoms with Gasteiger partial charge >= 0.3 is 6.09 Å². The van der Waals surface area contributed by atoms with Gasteiger partial charge in [0.1, 0.15) is 5.60 Å². The van der Waals surface area contributed by atoms with Crippen LogP contribution in [-0.2, 0) is 9.53 Å². The van der Waals surface area contributed by atoms with Gasteiger partial charge in [0.15, 0.2) is 0 Å². The molecule has 2 rings (SSSR count). The van der Waals surface area contributed by atoms with Crippen LogP contribution in [0.3, 0.4) is 0 Å². The lowest BCUT2D eigenvalue weighted by Crippen LogP contribution is -2.42. The summed E-state index contributed by atoms with van der Waals surface area (Å²) in [5.74, 6) is 0.390. The van der Waals surface area contributed by atoms with E-state index in [0.29, 0.717) is 25.6 Å². The molecule has 1 aromatic heterocycles. The lowest BCUT2D eigenvalue weighted by molar-refractivity contribution is -0.132. The first-order valence-electron chi connectivity index (χ1n) is 9.31. The monoisotopic (exact) mass is 395 g/mol. The molecule has 8 heteroatoms. The maximum Gasteiger partial charge on any atom is 0.407 e. The van der Waals surface area contributed by atoms with E-state index in [1.54, 1.807) is 20.8 Å². The molecule has 3 amide bonds. The number of thiophene rings is 1. The van der Waals surface area contributed by atoms with Gasteiger partial charge in [-0.25, -0.2) is 4.79 Å². The number of hydrogen-bond donors (Lipinski definition) is 2. The minimum atomic E-state index is -0.547. The molecule has 0 aliphatic carbocycles. The molecule has 150 valence electrons. The average Bonchev–Trinajstić information content (AvgIpc) is 3.13. The number of ether oxygens (including phenoxy) is 1. The molecule has 0 saturated carbocycles. The zero-order chi connectivity index (χ0) is 19.9. The minimum absolute atomic E-state index is 0.0308. The molecule has 0 unspecified atom stereocenters. The predicted octanol–water partition coefficient (Wildman–Crippen LogP) is 2.63. The highest BCUT2D eigenvalue weighted by Crippen LogP contribution is 2.17. The van der Waals surface area contributed by atoms with Gasteiger partial charge in [-0.3, -0.25) is 9.59 Å². The molecule has 0 bridgehead atoms. The van der Waals surface area contributed by atoms with Crippen LogP contribution in [0.15, 0.2) is 17.5 Å². The van der Waals surface area contributed by atoms with Crippen LogP contribution < -0.4 is 10.6 Å². The summed E-state index contributed by atoms with van der Waals surface area (Å²) in [7, 11) is 0. The van der Waals surface area contributed by atoms with Crippen LogP contribution in [0.5, 0.6) is 0 Å². The molecule has 1 aromatic rings. The molecule has 2 N–H and O–H groups in total. The summed E-state index contributed by atoms with van der Waals surface area (Å²) >= 11 is 1.43. The minimum Gasteiger partial charge on any atom is -0.444 e. The van der Waals surface area contributed by atoms with Gasteiger partial charge in [-0.2, -0.15) is 0 Å². The summed E-state index contributed by atoms with van der Waals surface area (Å²) in [6.07, 6.45) is 1.50. The molecule has 7 nitrogen and oxygen atoms in total. The summed E-state index contributed by atoms with van der Waals surface area (Å²) in [6, 6.07) is 3.67. The first kappa shape index (κ1) is 21.2. The van der Waals surface area contributed by atoms with E-state index < -0.39 is 11.7 Å². The first-order valence-corrected chi connectivity index (χ1v) is 10.2. The Bertz CT molecular complexity index is 632. The van der Waals surface area contributed by atoms with E-state index in [4.69, 9.17) is 4.74 Å². The van der Waals surface area contributed by atoms with E-state index in [1.165, 1.54) is 11.3 Å². The quantitative estimate of drug-likeness (QED) is 0.775. The maximum atomic E-state index is 12.3. The maximum absolute atomic E-state index is 12.3. The lowest BCUT2D eigenvalue weighted by Gasteiger charge is -2.32. The van der Waals surface area contributed by atoms with Crippen molar-refractivity contribution in [2.45, 2.75) is 45.6 Å². The van der Waals surface area contributed by atoms with Crippen molar-refractivity contribution in [3.63, 3.8) is 0 Å². The molecular formula is C19H29N3O4S. The smallest absolute Gasteiger partial charge is 0.407 e. The fourth-order valence-corrected chi connectivity index (χ4v) is 3.50. The number of nitrogens with zero attached hydrogens (tertiary/aromatic N) is 1. The van der Waals surface area contributed by atoms with Gasteiger partial charge in [-0.05, 0) is 51.0 Å². The van der Waals surface area contributed by atoms with Crippen molar-refractivity contribution in [2.24, 2.45) is 5.92 Å². The topological polar surface area (TPSA) is 87.7 Å². The molecule has 1 saturated heterocycles. The molecular weight excluding hydrogens is 366 g/mol. The van der Waals surface area contributed by atoms with Crippen LogP contribution in [-0.4, -0.2) is 54.6 Å². The second kappa shape index (κ2) is 9.73. The number of hydrogen-bond acceptors (Lipinski definition) is 5. The third-order valence-electron chi connectivity index (χ3n) is 4.27. The third-order valence-corrected chi connectivity index (χ3v) is 5.14. The van der Waals surface area contributed by atoms with Crippen molar-refractivity contribution >= 4 is 29.2 Å². The zero-order valence-corrected chi connectivity index (χ0v) is 17.1. The molecule has 27 heavy (non-hydrogen) atoms. The lowest BCUT2D eigenvalue weighted by atomic mass is 9.96. The summed E-state index contributed by atoms with van der Waals surface area (Å²) in [6.45, 7) is 7.67. The Hall–Kier alpha value is -2.09. The zero-order valence-electron chi connectivity index (χ0n) is 16.2. The molecule has 2 heterocycles. The normalized spacial score (nSPS) is 15.3. The Morgan fingerprint density at radius 1 is 1.22 bits per heavy atom. The Kier molecular flexibility index (Phi) is 7.65. The van der Waals surface area contributed by atoms with Crippen molar-refractivity contribution in [1.29, 1.82) is 0 Å². The van der Waals surface area contributed by atoms with Crippen LogP contribution in [0.4, 0.5) is 4.79 Å². The van der Waals surface area contributed by atoms with Crippen molar-refractivity contribution in [3.05, 3.63) is 22.4 Å². The summed E-state index contributed by atoms with van der Waals surface area (Å²) in [5, 5.41) is 7.47. The number of nitrogens with one attached hydrogen (secondary N) is 2. The van der Waals surface area contributed by atoms with Gasteiger partial charge in [0.05, 0.1) is 4.88 Å². The number of carbonyl (C=O) groups is 3. The van der Waals surface area contributed by atoms with Gasteiger partial charge in [-0.1, -0.05) is 6.07 Å². The highest BCUT2D eigenvalue weighted by atomic mass is 32.1. The number of piperidine rings is 1. The van der Waals surface area contributed by atoms with E-state index in [2.05, 4.69) is 10.6 Å². The van der Waals surface area contributed by atoms with Crippen molar-refractivity contribution in [2.75, 3.05) is 26.2 Å². The number of likely N-dealkylation sites (tertiary alicyclic amines) is 1. The third kappa shape index (κ3) is 7.58. The van der Waals surface area contributed by atoms with Crippen LogP contribution in [0.2, 0.25) is 0 Å². The first-order chi connectivity index (χ1) is 12.7. The molecule has 0 spiro atoms. The summed E-state index contributed by atoms with van der Waals surface area (Å²) in [4.78, 5) is 38.4. The van der Waals surface area contributed by atoms with Crippen LogP contribution in [0.25, 0.3) is 0 Å². The molecule has 1 aliphatic rings. The largest absolute Gasteiger partial charge is 0.444 e. The van der Waals surface area contributed by atoms with E-state index in [1.807, 2.05) is 22.4 Å². The SMILES string of the molecule is CC(C)(C)OC(=O)NCCC(=O)N1CCC(CNC(=O)c2cccs2)CC1. The van der Waals surface area contributed by atoms with Gasteiger partial charge in [0.25, 0.3) is 5.91 Å². The van der Waals surface area contributed by atoms with Crippen molar-refractivity contribution in [1.82, 2.24) is 15.5 Å².